The van der Waals surface area contributed by atoms with E-state index in [-0.39, 0.29) is 32.8 Å². The number of nitrogens with zero attached hydrogens (tertiary/aromatic N) is 3. The second-order valence-electron chi connectivity index (χ2n) is 15.6. The number of rotatable bonds is 3. The third kappa shape index (κ3) is 3.48. The van der Waals surface area contributed by atoms with Gasteiger partial charge in [0.15, 0.2) is 0 Å². The van der Waals surface area contributed by atoms with Gasteiger partial charge >= 0.3 is 0 Å². The Bertz CT molecular complexity index is 1900. The Morgan fingerprint density at radius 3 is 1.75 bits per heavy atom. The van der Waals surface area contributed by atoms with Crippen LogP contribution in [0.2, 0.25) is 0 Å². The average Bonchev–Trinajstić information content (AvgIpc) is 3.70. The Morgan fingerprint density at radius 2 is 1.20 bits per heavy atom. The fraction of sp³-hybridized carbons (Fsp3) is 0.526. The maximum atomic E-state index is 13.3. The second-order valence-corrected chi connectivity index (χ2v) is 15.6. The van der Waals surface area contributed by atoms with Gasteiger partial charge in [0.05, 0.1) is 17.1 Å². The molecule has 4 bridgehead atoms. The summed E-state index contributed by atoms with van der Waals surface area (Å²) in [5.74, 6) is 0.799. The van der Waals surface area contributed by atoms with Gasteiger partial charge in [0.2, 0.25) is 0 Å². The highest BCUT2D eigenvalue weighted by Gasteiger charge is 2.63. The molecule has 4 aliphatic rings. The van der Waals surface area contributed by atoms with Gasteiger partial charge in [-0.25, -0.2) is 9.36 Å². The molecule has 4 aromatic rings. The molecular weight excluding hydrogens is 544 g/mol. The molecule has 8 rings (SSSR count). The molecule has 2 heterocycles. The molecule has 0 radical (unpaired) electrons. The molecule has 0 spiro atoms. The quantitative estimate of drug-likeness (QED) is 0.264. The molecule has 0 saturated heterocycles. The highest BCUT2D eigenvalue weighted by atomic mass is 16.1. The Labute approximate surface area is 261 Å². The standard InChI is InChI=1S/C20H26N2O.C18H22N2O/c1-6-21-17-16(15-11-12-20(17,5)19(15,3)4)18(23)22(21)14-9-7-13(2)8-10-14;1-11-5-7-12(8-6-11)20-16(21)14-13-9-10-18(4,15(14)19-20)17(13,2)3/h7-10,15H,6,11-12H2,1-5H3;5-8,13,19H,9-10H2,1-4H3/t15-,20+;13-,18+/m11/s1. The van der Waals surface area contributed by atoms with Crippen molar-refractivity contribution in [1.82, 2.24) is 19.1 Å². The van der Waals surface area contributed by atoms with Crippen LogP contribution in [-0.4, -0.2) is 19.1 Å². The number of aromatic amines is 1. The molecule has 4 aliphatic carbocycles. The molecule has 232 valence electrons. The van der Waals surface area contributed by atoms with E-state index >= 15 is 0 Å². The highest BCUT2D eigenvalue weighted by molar-refractivity contribution is 5.48. The predicted octanol–water partition coefficient (Wildman–Crippen LogP) is 7.79. The number of benzene rings is 2. The van der Waals surface area contributed by atoms with Crippen LogP contribution in [0.5, 0.6) is 0 Å². The fourth-order valence-corrected chi connectivity index (χ4v) is 9.65. The van der Waals surface area contributed by atoms with Crippen molar-refractivity contribution in [2.45, 2.75) is 117 Å². The maximum absolute atomic E-state index is 13.3. The van der Waals surface area contributed by atoms with E-state index in [4.69, 9.17) is 0 Å². The summed E-state index contributed by atoms with van der Waals surface area (Å²) in [6.07, 6.45) is 4.64. The zero-order valence-corrected chi connectivity index (χ0v) is 28.0. The first-order chi connectivity index (χ1) is 20.7. The van der Waals surface area contributed by atoms with Crippen molar-refractivity contribution in [3.05, 3.63) is 103 Å². The van der Waals surface area contributed by atoms with Crippen LogP contribution in [0.15, 0.2) is 58.1 Å². The first kappa shape index (κ1) is 29.2. The normalized spacial score (nSPS) is 28.1. The van der Waals surface area contributed by atoms with E-state index in [1.54, 1.807) is 4.68 Å². The number of fused-ring (bicyclic) bond motifs is 10. The van der Waals surface area contributed by atoms with Crippen molar-refractivity contribution in [1.29, 1.82) is 0 Å². The summed E-state index contributed by atoms with van der Waals surface area (Å²) in [5.41, 5.74) is 9.86. The molecule has 0 unspecified atom stereocenters. The van der Waals surface area contributed by atoms with Gasteiger partial charge in [-0.15, -0.1) is 0 Å². The topological polar surface area (TPSA) is 64.7 Å². The van der Waals surface area contributed by atoms with Crippen molar-refractivity contribution >= 4 is 0 Å². The van der Waals surface area contributed by atoms with Gasteiger partial charge in [0.25, 0.3) is 11.1 Å². The van der Waals surface area contributed by atoms with Crippen LogP contribution in [0.1, 0.15) is 120 Å². The summed E-state index contributed by atoms with van der Waals surface area (Å²) in [6, 6.07) is 16.4. The molecule has 2 aromatic heterocycles. The molecule has 1 N–H and O–H groups in total. The monoisotopic (exact) mass is 592 g/mol. The van der Waals surface area contributed by atoms with Crippen LogP contribution in [0.4, 0.5) is 0 Å². The molecule has 4 atom stereocenters. The Morgan fingerprint density at radius 1 is 0.705 bits per heavy atom. The van der Waals surface area contributed by atoms with E-state index in [1.807, 2.05) is 28.9 Å². The molecule has 44 heavy (non-hydrogen) atoms. The van der Waals surface area contributed by atoms with Gasteiger partial charge in [-0.05, 0) is 93.4 Å². The van der Waals surface area contributed by atoms with Gasteiger partial charge in [-0.3, -0.25) is 19.4 Å². The maximum Gasteiger partial charge on any atom is 0.275 e. The summed E-state index contributed by atoms with van der Waals surface area (Å²) in [5, 5.41) is 3.43. The van der Waals surface area contributed by atoms with Gasteiger partial charge in [0.1, 0.15) is 0 Å². The summed E-state index contributed by atoms with van der Waals surface area (Å²) < 4.78 is 5.88. The Balaban J connectivity index is 0.000000143. The van der Waals surface area contributed by atoms with Crippen LogP contribution >= 0.6 is 0 Å². The SMILES string of the molecule is CCn1c2c(c(=O)n1-c1ccc(C)cc1)[C@H]1CC[C@]2(C)C1(C)C.Cc1ccc(-n2[nH]c3c(c2=O)[C@H]2CC[C@]3(C)C2(C)C)cc1. The summed E-state index contributed by atoms with van der Waals surface area (Å²) in [7, 11) is 0. The number of hydrogen-bond acceptors (Lipinski definition) is 2. The van der Waals surface area contributed by atoms with E-state index in [9.17, 15) is 9.59 Å². The Hall–Kier alpha value is -3.54. The van der Waals surface area contributed by atoms with Gasteiger partial charge < -0.3 is 0 Å². The third-order valence-corrected chi connectivity index (χ3v) is 13.2. The molecule has 6 nitrogen and oxygen atoms in total. The zero-order valence-electron chi connectivity index (χ0n) is 28.0. The summed E-state index contributed by atoms with van der Waals surface area (Å²) in [4.78, 5) is 26.2. The number of H-pyrrole nitrogens is 1. The van der Waals surface area contributed by atoms with Crippen molar-refractivity contribution in [3.63, 3.8) is 0 Å². The van der Waals surface area contributed by atoms with E-state index in [1.165, 1.54) is 35.4 Å². The lowest BCUT2D eigenvalue weighted by Gasteiger charge is -2.36. The van der Waals surface area contributed by atoms with Crippen molar-refractivity contribution in [2.24, 2.45) is 10.8 Å². The van der Waals surface area contributed by atoms with Crippen LogP contribution in [0.25, 0.3) is 11.4 Å². The fourth-order valence-electron chi connectivity index (χ4n) is 9.65. The largest absolute Gasteiger partial charge is 0.294 e. The molecule has 2 saturated carbocycles. The van der Waals surface area contributed by atoms with Crippen LogP contribution in [0, 0.1) is 24.7 Å². The molecular formula is C38H48N4O2. The van der Waals surface area contributed by atoms with Gasteiger partial charge in [-0.2, -0.15) is 0 Å². The van der Waals surface area contributed by atoms with Crippen molar-refractivity contribution in [3.8, 4) is 11.4 Å². The minimum Gasteiger partial charge on any atom is -0.294 e. The lowest BCUT2D eigenvalue weighted by molar-refractivity contribution is 0.216. The third-order valence-electron chi connectivity index (χ3n) is 13.2. The molecule has 2 fully saturated rings. The Kier molecular flexibility index (Phi) is 6.13. The van der Waals surface area contributed by atoms with Gasteiger partial charge in [-0.1, -0.05) is 76.9 Å². The first-order valence-electron chi connectivity index (χ1n) is 16.5. The summed E-state index contributed by atoms with van der Waals surface area (Å²) in [6.45, 7) is 21.1. The summed E-state index contributed by atoms with van der Waals surface area (Å²) >= 11 is 0. The smallest absolute Gasteiger partial charge is 0.275 e. The van der Waals surface area contributed by atoms with Crippen LogP contribution in [-0.2, 0) is 17.4 Å². The number of hydrogen-bond donors (Lipinski definition) is 1. The van der Waals surface area contributed by atoms with Crippen LogP contribution in [0.3, 0.4) is 0 Å². The molecule has 6 heteroatoms. The average molecular weight is 593 g/mol. The van der Waals surface area contributed by atoms with E-state index in [0.717, 1.165) is 41.9 Å². The van der Waals surface area contributed by atoms with E-state index in [0.29, 0.717) is 11.8 Å². The minimum absolute atomic E-state index is 0.0993. The first-order valence-corrected chi connectivity index (χ1v) is 16.5. The highest BCUT2D eigenvalue weighted by Crippen LogP contribution is 2.67. The lowest BCUT2D eigenvalue weighted by atomic mass is 9.70. The van der Waals surface area contributed by atoms with Crippen LogP contribution < -0.4 is 11.1 Å². The molecule has 0 amide bonds. The van der Waals surface area contributed by atoms with Gasteiger partial charge in [0, 0.05) is 34.2 Å². The van der Waals surface area contributed by atoms with E-state index < -0.39 is 0 Å². The minimum atomic E-state index is 0.0993. The van der Waals surface area contributed by atoms with Crippen molar-refractivity contribution < 1.29 is 0 Å². The zero-order chi connectivity index (χ0) is 31.6. The molecule has 0 aliphatic heterocycles. The number of aryl methyl sites for hydroxylation is 2. The number of nitrogens with one attached hydrogen (secondary N) is 1. The van der Waals surface area contributed by atoms with Crippen molar-refractivity contribution in [2.75, 3.05) is 0 Å². The second kappa shape index (κ2) is 9.24. The molecule has 2 aromatic carbocycles. The predicted molar refractivity (Wildman–Crippen MR) is 178 cm³/mol. The number of aromatic nitrogens is 4. The lowest BCUT2D eigenvalue weighted by Crippen LogP contribution is -2.35. The van der Waals surface area contributed by atoms with E-state index in [2.05, 4.69) is 96.4 Å².